The molecule has 0 aliphatic carbocycles. The van der Waals surface area contributed by atoms with Crippen molar-refractivity contribution in [3.05, 3.63) is 6.42 Å². The fourth-order valence-corrected chi connectivity index (χ4v) is 0. The maximum absolute atomic E-state index is 2.00. The molecule has 0 rings (SSSR count). The number of hydrogen-bond donors (Lipinski definition) is 0. The van der Waals surface area contributed by atoms with E-state index in [1.165, 1.54) is 0 Å². The topological polar surface area (TPSA) is 0 Å². The molecule has 0 aromatic heterocycles. The Bertz CT molecular complexity index is 4.85. The minimum atomic E-state index is 0. The van der Waals surface area contributed by atoms with Crippen molar-refractivity contribution >= 4 is 0 Å². The Labute approximate surface area is 62.2 Å². The molecule has 0 N–H and O–H groups in total. The molecule has 0 amide bonds. The molecule has 2 heteroatoms. The minimum Gasteiger partial charge on any atom is -0.335 e. The average molecular weight is 411 g/mol. The van der Waals surface area contributed by atoms with Gasteiger partial charge in [0.1, 0.15) is 0 Å². The standard InChI is InChI=1S/C3H7.2W/c1-3-2;;/h3H,1-2H3;;/q-1;;. The smallest absolute Gasteiger partial charge is 0 e. The summed E-state index contributed by atoms with van der Waals surface area (Å²) in [6, 6.07) is 0. The van der Waals surface area contributed by atoms with Crippen LogP contribution in [0, 0.1) is 6.42 Å². The Balaban J connectivity index is -0.0000000200. The van der Waals surface area contributed by atoms with Gasteiger partial charge in [-0.15, -0.1) is 0 Å². The van der Waals surface area contributed by atoms with Crippen LogP contribution in [0.3, 0.4) is 0 Å². The first-order chi connectivity index (χ1) is 1.41. The monoisotopic (exact) mass is 411 g/mol. The van der Waals surface area contributed by atoms with Crippen LogP contribution in [-0.2, 0) is 42.1 Å². The summed E-state index contributed by atoms with van der Waals surface area (Å²) in [5, 5.41) is 0. The molecule has 0 atom stereocenters. The van der Waals surface area contributed by atoms with Gasteiger partial charge in [0.25, 0.3) is 0 Å². The van der Waals surface area contributed by atoms with Gasteiger partial charge in [0.15, 0.2) is 0 Å². The van der Waals surface area contributed by atoms with E-state index in [-0.39, 0.29) is 42.1 Å². The molecule has 0 spiro atoms. The van der Waals surface area contributed by atoms with E-state index in [9.17, 15) is 0 Å². The van der Waals surface area contributed by atoms with Gasteiger partial charge < -0.3 is 6.42 Å². The Hall–Kier alpha value is 1.38. The molecular formula is C3H7W2-. The fourth-order valence-electron chi connectivity index (χ4n) is 0. The van der Waals surface area contributed by atoms with E-state index in [4.69, 9.17) is 0 Å². The first-order valence-corrected chi connectivity index (χ1v) is 1.15. The van der Waals surface area contributed by atoms with Gasteiger partial charge >= 0.3 is 0 Å². The van der Waals surface area contributed by atoms with Gasteiger partial charge in [-0.25, -0.2) is 0 Å². The summed E-state index contributed by atoms with van der Waals surface area (Å²) in [6.45, 7) is 4.00. The van der Waals surface area contributed by atoms with E-state index < -0.39 is 0 Å². The van der Waals surface area contributed by atoms with Gasteiger partial charge in [0.2, 0.25) is 0 Å². The maximum atomic E-state index is 2.00. The van der Waals surface area contributed by atoms with E-state index in [1.807, 2.05) is 20.3 Å². The first kappa shape index (κ1) is 16.2. The summed E-state index contributed by atoms with van der Waals surface area (Å²) in [5.74, 6) is 0. The quantitative estimate of drug-likeness (QED) is 0.527. The molecular weight excluding hydrogens is 404 g/mol. The Morgan fingerprint density at radius 3 is 1.00 bits per heavy atom. The summed E-state index contributed by atoms with van der Waals surface area (Å²) in [7, 11) is 0. The molecule has 0 aromatic rings. The molecule has 0 saturated heterocycles. The van der Waals surface area contributed by atoms with Crippen LogP contribution in [0.15, 0.2) is 0 Å². The summed E-state index contributed by atoms with van der Waals surface area (Å²) in [5.41, 5.74) is 0. The normalized spacial score (nSPS) is 3.60. The predicted molar refractivity (Wildman–Crippen MR) is 15.6 cm³/mol. The second-order valence-corrected chi connectivity index (χ2v) is 0.577. The molecule has 0 nitrogen and oxygen atoms in total. The molecule has 0 aliphatic rings. The van der Waals surface area contributed by atoms with Crippen LogP contribution in [0.2, 0.25) is 0 Å². The average Bonchev–Trinajstić information content (AvgIpc) is 0.918. The summed E-state index contributed by atoms with van der Waals surface area (Å²) >= 11 is 0. The van der Waals surface area contributed by atoms with Gasteiger partial charge in [-0.05, 0) is 0 Å². The van der Waals surface area contributed by atoms with E-state index in [1.54, 1.807) is 0 Å². The van der Waals surface area contributed by atoms with Gasteiger partial charge in [-0.1, -0.05) is 0 Å². The second kappa shape index (κ2) is 18.2. The Morgan fingerprint density at radius 1 is 1.00 bits per heavy atom. The van der Waals surface area contributed by atoms with Crippen molar-refractivity contribution in [2.75, 3.05) is 0 Å². The van der Waals surface area contributed by atoms with Gasteiger partial charge in [0.05, 0.1) is 0 Å². The molecule has 0 heterocycles. The molecule has 0 fully saturated rings. The summed E-state index contributed by atoms with van der Waals surface area (Å²) in [4.78, 5) is 0. The fraction of sp³-hybridized carbons (Fsp3) is 0.667. The van der Waals surface area contributed by atoms with Crippen molar-refractivity contribution in [1.29, 1.82) is 0 Å². The maximum Gasteiger partial charge on any atom is 0 e. The van der Waals surface area contributed by atoms with E-state index in [0.717, 1.165) is 0 Å². The van der Waals surface area contributed by atoms with E-state index in [2.05, 4.69) is 0 Å². The second-order valence-electron chi connectivity index (χ2n) is 0.577. The third-order valence-corrected chi connectivity index (χ3v) is 0. The largest absolute Gasteiger partial charge is 0.335 e. The number of hydrogen-bond acceptors (Lipinski definition) is 0. The molecule has 0 radical (unpaired) electrons. The molecule has 32 valence electrons. The van der Waals surface area contributed by atoms with Gasteiger partial charge in [-0.2, -0.15) is 13.8 Å². The summed E-state index contributed by atoms with van der Waals surface area (Å²) < 4.78 is 0. The predicted octanol–water partition coefficient (Wildman–Crippen LogP) is 1.23. The van der Waals surface area contributed by atoms with Crippen molar-refractivity contribution in [2.24, 2.45) is 0 Å². The molecule has 0 aliphatic heterocycles. The summed E-state index contributed by atoms with van der Waals surface area (Å²) in [6.07, 6.45) is 2.00. The molecule has 0 bridgehead atoms. The van der Waals surface area contributed by atoms with Crippen LogP contribution in [0.4, 0.5) is 0 Å². The van der Waals surface area contributed by atoms with Crippen molar-refractivity contribution < 1.29 is 42.1 Å². The molecule has 0 aromatic carbocycles. The Kier molecular flexibility index (Phi) is 59.0. The minimum absolute atomic E-state index is 0. The first-order valence-electron chi connectivity index (χ1n) is 1.15. The van der Waals surface area contributed by atoms with Crippen molar-refractivity contribution in [3.63, 3.8) is 0 Å². The third-order valence-electron chi connectivity index (χ3n) is 0. The van der Waals surface area contributed by atoms with Crippen molar-refractivity contribution in [1.82, 2.24) is 0 Å². The number of rotatable bonds is 0. The van der Waals surface area contributed by atoms with Crippen LogP contribution >= 0.6 is 0 Å². The van der Waals surface area contributed by atoms with Crippen LogP contribution in [-0.4, -0.2) is 0 Å². The van der Waals surface area contributed by atoms with Crippen LogP contribution in [0.5, 0.6) is 0 Å². The zero-order chi connectivity index (χ0) is 2.71. The van der Waals surface area contributed by atoms with Crippen LogP contribution < -0.4 is 0 Å². The molecule has 5 heavy (non-hydrogen) atoms. The van der Waals surface area contributed by atoms with Gasteiger partial charge in [-0.3, -0.25) is 0 Å². The van der Waals surface area contributed by atoms with E-state index in [0.29, 0.717) is 0 Å². The Morgan fingerprint density at radius 2 is 1.00 bits per heavy atom. The molecule has 0 unspecified atom stereocenters. The third kappa shape index (κ3) is 32.3. The van der Waals surface area contributed by atoms with Crippen molar-refractivity contribution in [3.8, 4) is 0 Å². The SMILES string of the molecule is C[CH-]C.[W].[W]. The van der Waals surface area contributed by atoms with Crippen molar-refractivity contribution in [2.45, 2.75) is 13.8 Å². The van der Waals surface area contributed by atoms with E-state index >= 15 is 0 Å². The van der Waals surface area contributed by atoms with Crippen LogP contribution in [0.1, 0.15) is 13.8 Å². The zero-order valence-corrected chi connectivity index (χ0v) is 9.26. The molecule has 0 saturated carbocycles. The zero-order valence-electron chi connectivity index (χ0n) is 3.39. The van der Waals surface area contributed by atoms with Gasteiger partial charge in [0, 0.05) is 42.1 Å². The van der Waals surface area contributed by atoms with Crippen LogP contribution in [0.25, 0.3) is 0 Å².